The highest BCUT2D eigenvalue weighted by atomic mass is 32.2. The predicted molar refractivity (Wildman–Crippen MR) is 65.8 cm³/mol. The highest BCUT2D eigenvalue weighted by Crippen LogP contribution is 2.14. The zero-order chi connectivity index (χ0) is 11.9. The van der Waals surface area contributed by atoms with Gasteiger partial charge in [-0.25, -0.2) is 8.42 Å². The Morgan fingerprint density at radius 1 is 1.20 bits per heavy atom. The second-order valence-corrected chi connectivity index (χ2v) is 6.84. The van der Waals surface area contributed by atoms with Crippen molar-refractivity contribution < 1.29 is 8.42 Å². The molecule has 0 aliphatic carbocycles. The lowest BCUT2D eigenvalue weighted by Crippen LogP contribution is -2.26. The van der Waals surface area contributed by atoms with Gasteiger partial charge in [-0.1, -0.05) is 20.8 Å². The Labute approximate surface area is 94.6 Å². The summed E-state index contributed by atoms with van der Waals surface area (Å²) in [6.07, 6.45) is 3.22. The van der Waals surface area contributed by atoms with Crippen LogP contribution in [0.5, 0.6) is 0 Å². The maximum Gasteiger partial charge on any atom is 0.147 e. The summed E-state index contributed by atoms with van der Waals surface area (Å²) in [5.41, 5.74) is 0. The number of sulfone groups is 1. The van der Waals surface area contributed by atoms with Crippen LogP contribution in [0.15, 0.2) is 0 Å². The van der Waals surface area contributed by atoms with Crippen LogP contribution in [0.2, 0.25) is 0 Å². The van der Waals surface area contributed by atoms with Crippen LogP contribution < -0.4 is 5.32 Å². The van der Waals surface area contributed by atoms with Crippen LogP contribution in [0.4, 0.5) is 0 Å². The Morgan fingerprint density at radius 3 is 2.27 bits per heavy atom. The highest BCUT2D eigenvalue weighted by Gasteiger charge is 2.14. The second kappa shape index (κ2) is 7.23. The van der Waals surface area contributed by atoms with Crippen molar-refractivity contribution in [3.8, 4) is 0 Å². The van der Waals surface area contributed by atoms with Gasteiger partial charge in [0.05, 0.1) is 5.75 Å². The van der Waals surface area contributed by atoms with Crippen LogP contribution in [-0.2, 0) is 9.84 Å². The summed E-state index contributed by atoms with van der Waals surface area (Å²) in [4.78, 5) is 0. The molecule has 3 nitrogen and oxygen atoms in total. The van der Waals surface area contributed by atoms with E-state index in [0.29, 0.717) is 17.6 Å². The molecule has 2 atom stereocenters. The third-order valence-corrected chi connectivity index (χ3v) is 3.79. The van der Waals surface area contributed by atoms with Gasteiger partial charge in [0.25, 0.3) is 0 Å². The minimum Gasteiger partial charge on any atom is -0.316 e. The molecule has 0 aromatic rings. The molecule has 0 aliphatic heterocycles. The van der Waals surface area contributed by atoms with Crippen molar-refractivity contribution in [2.45, 2.75) is 33.6 Å². The van der Waals surface area contributed by atoms with Gasteiger partial charge in [0, 0.05) is 6.26 Å². The van der Waals surface area contributed by atoms with Crippen molar-refractivity contribution >= 4 is 9.84 Å². The lowest BCUT2D eigenvalue weighted by Gasteiger charge is -2.19. The van der Waals surface area contributed by atoms with E-state index in [1.54, 1.807) is 0 Å². The van der Waals surface area contributed by atoms with E-state index in [2.05, 4.69) is 26.1 Å². The predicted octanol–water partition coefficient (Wildman–Crippen LogP) is 1.69. The third-order valence-electron chi connectivity index (χ3n) is 2.81. The largest absolute Gasteiger partial charge is 0.316 e. The molecule has 0 bridgehead atoms. The van der Waals surface area contributed by atoms with Gasteiger partial charge in [-0.15, -0.1) is 0 Å². The number of hydrogen-bond acceptors (Lipinski definition) is 3. The van der Waals surface area contributed by atoms with Gasteiger partial charge in [-0.05, 0) is 37.8 Å². The van der Waals surface area contributed by atoms with Gasteiger partial charge in [0.15, 0.2) is 0 Å². The van der Waals surface area contributed by atoms with Crippen LogP contribution in [0.25, 0.3) is 0 Å². The molecule has 0 spiro atoms. The summed E-state index contributed by atoms with van der Waals surface area (Å²) < 4.78 is 22.0. The molecule has 0 saturated heterocycles. The van der Waals surface area contributed by atoms with Crippen molar-refractivity contribution in [2.24, 2.45) is 11.8 Å². The normalized spacial score (nSPS) is 16.3. The van der Waals surface area contributed by atoms with Crippen LogP contribution >= 0.6 is 0 Å². The van der Waals surface area contributed by atoms with E-state index in [1.165, 1.54) is 6.26 Å². The molecule has 0 aliphatic rings. The summed E-state index contributed by atoms with van der Waals surface area (Å²) in [7, 11) is -2.80. The Hall–Kier alpha value is -0.0900. The van der Waals surface area contributed by atoms with E-state index in [-0.39, 0.29) is 0 Å². The zero-order valence-corrected chi connectivity index (χ0v) is 11.2. The first-order valence-corrected chi connectivity index (χ1v) is 7.81. The maximum atomic E-state index is 11.0. The van der Waals surface area contributed by atoms with Crippen LogP contribution in [0.1, 0.15) is 33.6 Å². The van der Waals surface area contributed by atoms with Crippen molar-refractivity contribution in [1.29, 1.82) is 0 Å². The van der Waals surface area contributed by atoms with E-state index < -0.39 is 9.84 Å². The molecule has 0 radical (unpaired) electrons. The monoisotopic (exact) mass is 235 g/mol. The summed E-state index contributed by atoms with van der Waals surface area (Å²) in [6, 6.07) is 0. The van der Waals surface area contributed by atoms with Crippen LogP contribution in [-0.4, -0.2) is 33.5 Å². The number of rotatable bonds is 8. The number of hydrogen-bond donors (Lipinski definition) is 1. The topological polar surface area (TPSA) is 46.2 Å². The first-order valence-electron chi connectivity index (χ1n) is 5.75. The molecule has 0 fully saturated rings. The summed E-state index contributed by atoms with van der Waals surface area (Å²) in [6.45, 7) is 8.48. The molecule has 4 heteroatoms. The molecule has 0 heterocycles. The molecular formula is C11H25NO2S. The molecule has 92 valence electrons. The molecule has 2 unspecified atom stereocenters. The van der Waals surface area contributed by atoms with Crippen LogP contribution in [0.3, 0.4) is 0 Å². The Kier molecular flexibility index (Phi) is 7.18. The molecule has 0 saturated carbocycles. The molecule has 0 aromatic carbocycles. The van der Waals surface area contributed by atoms with Gasteiger partial charge in [0.2, 0.25) is 0 Å². The second-order valence-electron chi connectivity index (χ2n) is 4.58. The van der Waals surface area contributed by atoms with E-state index in [9.17, 15) is 8.42 Å². The van der Waals surface area contributed by atoms with Gasteiger partial charge in [-0.2, -0.15) is 0 Å². The molecule has 15 heavy (non-hydrogen) atoms. The fourth-order valence-corrected chi connectivity index (χ4v) is 2.19. The van der Waals surface area contributed by atoms with Crippen molar-refractivity contribution in [3.63, 3.8) is 0 Å². The van der Waals surface area contributed by atoms with Crippen LogP contribution in [0, 0.1) is 11.8 Å². The molecule has 0 amide bonds. The molecule has 0 aromatic heterocycles. The first-order chi connectivity index (χ1) is 6.87. The van der Waals surface area contributed by atoms with Crippen molar-refractivity contribution in [2.75, 3.05) is 25.1 Å². The van der Waals surface area contributed by atoms with Crippen molar-refractivity contribution in [3.05, 3.63) is 0 Å². The van der Waals surface area contributed by atoms with Gasteiger partial charge >= 0.3 is 0 Å². The molecule has 1 N–H and O–H groups in total. The minimum atomic E-state index is -2.80. The van der Waals surface area contributed by atoms with Gasteiger partial charge in [0.1, 0.15) is 9.84 Å². The average Bonchev–Trinajstić information content (AvgIpc) is 2.13. The first kappa shape index (κ1) is 14.9. The van der Waals surface area contributed by atoms with Gasteiger partial charge in [-0.3, -0.25) is 0 Å². The van der Waals surface area contributed by atoms with E-state index >= 15 is 0 Å². The summed E-state index contributed by atoms with van der Waals surface area (Å²) in [5, 5.41) is 3.36. The highest BCUT2D eigenvalue weighted by molar-refractivity contribution is 7.90. The zero-order valence-electron chi connectivity index (χ0n) is 10.4. The smallest absolute Gasteiger partial charge is 0.147 e. The number of nitrogens with one attached hydrogen (secondary N) is 1. The molecular weight excluding hydrogens is 210 g/mol. The Bertz CT molecular complexity index is 249. The maximum absolute atomic E-state index is 11.0. The summed E-state index contributed by atoms with van der Waals surface area (Å²) >= 11 is 0. The quantitative estimate of drug-likeness (QED) is 0.651. The Balaban J connectivity index is 3.74. The minimum absolute atomic E-state index is 0.312. The van der Waals surface area contributed by atoms with Gasteiger partial charge < -0.3 is 5.32 Å². The standard InChI is InChI=1S/C11H25NO2S/c1-5-7-12-9-11(3)10(2)6-8-15(4,13)14/h10-12H,5-9H2,1-4H3. The van der Waals surface area contributed by atoms with E-state index in [1.807, 2.05) is 0 Å². The lowest BCUT2D eigenvalue weighted by atomic mass is 9.93. The lowest BCUT2D eigenvalue weighted by molar-refractivity contribution is 0.359. The van der Waals surface area contributed by atoms with Crippen molar-refractivity contribution in [1.82, 2.24) is 5.32 Å². The Morgan fingerprint density at radius 2 is 1.80 bits per heavy atom. The molecule has 0 rings (SSSR count). The fourth-order valence-electron chi connectivity index (χ4n) is 1.39. The SMILES string of the molecule is CCCNCC(C)C(C)CCS(C)(=O)=O. The van der Waals surface area contributed by atoms with E-state index in [0.717, 1.165) is 25.9 Å². The summed E-state index contributed by atoms with van der Waals surface area (Å²) in [5.74, 6) is 1.31. The average molecular weight is 235 g/mol. The van der Waals surface area contributed by atoms with E-state index in [4.69, 9.17) is 0 Å². The fraction of sp³-hybridized carbons (Fsp3) is 1.00. The third kappa shape index (κ3) is 8.88.